The monoisotopic (exact) mass is 239 g/mol. The molecular weight excluding hydrogens is 226 g/mol. The number of hydrogen-bond acceptors (Lipinski definition) is 4. The number of hydrogen-bond donors (Lipinski definition) is 2. The van der Waals surface area contributed by atoms with E-state index in [-0.39, 0.29) is 13.0 Å². The van der Waals surface area contributed by atoms with E-state index in [1.165, 1.54) is 18.5 Å². The average molecular weight is 239 g/mol. The van der Waals surface area contributed by atoms with Gasteiger partial charge >= 0.3 is 11.7 Å². The Balaban J connectivity index is 2.53. The van der Waals surface area contributed by atoms with Gasteiger partial charge in [0.05, 0.1) is 6.42 Å². The van der Waals surface area contributed by atoms with Crippen LogP contribution in [0.2, 0.25) is 0 Å². The van der Waals surface area contributed by atoms with Crippen LogP contribution in [0.15, 0.2) is 23.3 Å². The van der Waals surface area contributed by atoms with E-state index in [0.717, 1.165) is 4.57 Å². The predicted octanol–water partition coefficient (Wildman–Crippen LogP) is -0.777. The Hall–Kier alpha value is -2.18. The lowest BCUT2D eigenvalue weighted by molar-refractivity contribution is -0.137. The van der Waals surface area contributed by atoms with E-state index in [9.17, 15) is 14.4 Å². The molecule has 0 aliphatic carbocycles. The standard InChI is InChI=1S/C10H13N3O4/c1-7(5-9(15)16)12-8(14)6-13-4-2-3-11-10(13)17/h2-4,7H,5-6H2,1H3,(H,12,14)(H,15,16). The predicted molar refractivity (Wildman–Crippen MR) is 58.4 cm³/mol. The van der Waals surface area contributed by atoms with E-state index in [1.807, 2.05) is 0 Å². The van der Waals surface area contributed by atoms with Crippen LogP contribution in [0.4, 0.5) is 0 Å². The molecule has 92 valence electrons. The molecule has 17 heavy (non-hydrogen) atoms. The molecule has 0 spiro atoms. The van der Waals surface area contributed by atoms with E-state index in [2.05, 4.69) is 10.3 Å². The highest BCUT2D eigenvalue weighted by atomic mass is 16.4. The number of carboxylic acid groups (broad SMARTS) is 1. The molecule has 1 unspecified atom stereocenters. The zero-order chi connectivity index (χ0) is 12.8. The van der Waals surface area contributed by atoms with Gasteiger partial charge in [0.15, 0.2) is 0 Å². The molecule has 0 aromatic carbocycles. The van der Waals surface area contributed by atoms with Crippen LogP contribution >= 0.6 is 0 Å². The molecular formula is C10H13N3O4. The molecule has 1 amide bonds. The molecule has 1 rings (SSSR count). The van der Waals surface area contributed by atoms with Crippen molar-refractivity contribution in [1.29, 1.82) is 0 Å². The summed E-state index contributed by atoms with van der Waals surface area (Å²) < 4.78 is 1.14. The first-order valence-corrected chi connectivity index (χ1v) is 5.01. The minimum Gasteiger partial charge on any atom is -0.481 e. The normalized spacial score (nSPS) is 11.8. The molecule has 0 aliphatic rings. The Kier molecular flexibility index (Phi) is 4.38. The molecule has 1 aromatic heterocycles. The maximum Gasteiger partial charge on any atom is 0.347 e. The lowest BCUT2D eigenvalue weighted by Gasteiger charge is -2.11. The van der Waals surface area contributed by atoms with Gasteiger partial charge in [0.2, 0.25) is 5.91 Å². The van der Waals surface area contributed by atoms with Crippen LogP contribution in [0, 0.1) is 0 Å². The summed E-state index contributed by atoms with van der Waals surface area (Å²) in [5.41, 5.74) is -0.520. The van der Waals surface area contributed by atoms with Gasteiger partial charge in [0.25, 0.3) is 0 Å². The van der Waals surface area contributed by atoms with E-state index >= 15 is 0 Å². The molecule has 2 N–H and O–H groups in total. The number of carbonyl (C=O) groups is 2. The quantitative estimate of drug-likeness (QED) is 0.702. The summed E-state index contributed by atoms with van der Waals surface area (Å²) in [7, 11) is 0. The minimum atomic E-state index is -0.989. The SMILES string of the molecule is CC(CC(=O)O)NC(=O)Cn1cccnc1=O. The topological polar surface area (TPSA) is 101 Å². The van der Waals surface area contributed by atoms with Crippen molar-refractivity contribution < 1.29 is 14.7 Å². The molecule has 0 aliphatic heterocycles. The highest BCUT2D eigenvalue weighted by Crippen LogP contribution is 1.90. The van der Waals surface area contributed by atoms with Crippen molar-refractivity contribution in [2.75, 3.05) is 0 Å². The van der Waals surface area contributed by atoms with E-state index < -0.39 is 23.6 Å². The Morgan fingerprint density at radius 3 is 2.88 bits per heavy atom. The fourth-order valence-electron chi connectivity index (χ4n) is 1.30. The molecule has 0 fully saturated rings. The van der Waals surface area contributed by atoms with Gasteiger partial charge in [-0.05, 0) is 13.0 Å². The second-order valence-electron chi connectivity index (χ2n) is 3.60. The summed E-state index contributed by atoms with van der Waals surface area (Å²) in [6.45, 7) is 1.41. The van der Waals surface area contributed by atoms with Gasteiger partial charge < -0.3 is 10.4 Å². The smallest absolute Gasteiger partial charge is 0.347 e. The molecule has 0 radical (unpaired) electrons. The van der Waals surface area contributed by atoms with E-state index in [0.29, 0.717) is 0 Å². The van der Waals surface area contributed by atoms with Crippen LogP contribution in [0.1, 0.15) is 13.3 Å². The van der Waals surface area contributed by atoms with Crippen molar-refractivity contribution in [3.63, 3.8) is 0 Å². The summed E-state index contributed by atoms with van der Waals surface area (Å²) in [4.78, 5) is 36.5. The molecule has 1 aromatic rings. The molecule has 1 heterocycles. The Morgan fingerprint density at radius 1 is 1.59 bits per heavy atom. The van der Waals surface area contributed by atoms with Gasteiger partial charge in [-0.3, -0.25) is 14.2 Å². The highest BCUT2D eigenvalue weighted by Gasteiger charge is 2.11. The second-order valence-corrected chi connectivity index (χ2v) is 3.60. The number of carbonyl (C=O) groups excluding carboxylic acids is 1. The Bertz CT molecular complexity index is 469. The van der Waals surface area contributed by atoms with Crippen molar-refractivity contribution in [2.24, 2.45) is 0 Å². The average Bonchev–Trinajstić information content (AvgIpc) is 2.19. The minimum absolute atomic E-state index is 0.159. The van der Waals surface area contributed by atoms with Crippen LogP contribution in [0.25, 0.3) is 0 Å². The molecule has 0 saturated carbocycles. The summed E-state index contributed by atoms with van der Waals surface area (Å²) >= 11 is 0. The fourth-order valence-corrected chi connectivity index (χ4v) is 1.30. The molecule has 7 heteroatoms. The highest BCUT2D eigenvalue weighted by molar-refractivity contribution is 5.77. The molecule has 0 saturated heterocycles. The van der Waals surface area contributed by atoms with Crippen LogP contribution in [0.5, 0.6) is 0 Å². The number of amides is 1. The Labute approximate surface area is 97.1 Å². The number of rotatable bonds is 5. The van der Waals surface area contributed by atoms with Gasteiger partial charge in [0.1, 0.15) is 6.54 Å². The third-order valence-electron chi connectivity index (χ3n) is 1.98. The number of nitrogens with one attached hydrogen (secondary N) is 1. The molecule has 7 nitrogen and oxygen atoms in total. The Morgan fingerprint density at radius 2 is 2.29 bits per heavy atom. The third kappa shape index (κ3) is 4.45. The summed E-state index contributed by atoms with van der Waals surface area (Å²) in [6, 6.07) is 1.06. The van der Waals surface area contributed by atoms with Gasteiger partial charge in [-0.25, -0.2) is 9.78 Å². The lowest BCUT2D eigenvalue weighted by Crippen LogP contribution is -2.38. The number of aliphatic carboxylic acids is 1. The summed E-state index contributed by atoms with van der Waals surface area (Å²) in [5.74, 6) is -1.41. The molecule has 1 atom stereocenters. The van der Waals surface area contributed by atoms with Gasteiger partial charge in [-0.2, -0.15) is 0 Å². The van der Waals surface area contributed by atoms with Crippen LogP contribution < -0.4 is 11.0 Å². The third-order valence-corrected chi connectivity index (χ3v) is 1.98. The largest absolute Gasteiger partial charge is 0.481 e. The van der Waals surface area contributed by atoms with Crippen LogP contribution in [-0.2, 0) is 16.1 Å². The molecule has 0 bridgehead atoms. The van der Waals surface area contributed by atoms with Crippen molar-refractivity contribution in [3.05, 3.63) is 28.9 Å². The second kappa shape index (κ2) is 5.78. The van der Waals surface area contributed by atoms with Gasteiger partial charge in [-0.1, -0.05) is 0 Å². The maximum absolute atomic E-state index is 11.5. The number of aromatic nitrogens is 2. The number of nitrogens with zero attached hydrogens (tertiary/aromatic N) is 2. The first-order chi connectivity index (χ1) is 7.99. The summed E-state index contributed by atoms with van der Waals surface area (Å²) in [6.07, 6.45) is 2.62. The lowest BCUT2D eigenvalue weighted by atomic mass is 10.2. The zero-order valence-corrected chi connectivity index (χ0v) is 9.29. The van der Waals surface area contributed by atoms with Gasteiger partial charge in [-0.15, -0.1) is 0 Å². The van der Waals surface area contributed by atoms with E-state index in [4.69, 9.17) is 5.11 Å². The van der Waals surface area contributed by atoms with Crippen molar-refractivity contribution in [3.8, 4) is 0 Å². The maximum atomic E-state index is 11.5. The van der Waals surface area contributed by atoms with Crippen molar-refractivity contribution in [2.45, 2.75) is 25.9 Å². The number of carboxylic acids is 1. The van der Waals surface area contributed by atoms with Crippen molar-refractivity contribution >= 4 is 11.9 Å². The first kappa shape index (κ1) is 12.9. The van der Waals surface area contributed by atoms with E-state index in [1.54, 1.807) is 6.92 Å². The van der Waals surface area contributed by atoms with Crippen LogP contribution in [-0.4, -0.2) is 32.6 Å². The van der Waals surface area contributed by atoms with Gasteiger partial charge in [0, 0.05) is 18.4 Å². The van der Waals surface area contributed by atoms with Crippen LogP contribution in [0.3, 0.4) is 0 Å². The first-order valence-electron chi connectivity index (χ1n) is 5.01. The zero-order valence-electron chi connectivity index (χ0n) is 9.29. The summed E-state index contributed by atoms with van der Waals surface area (Å²) in [5, 5.41) is 11.0. The fraction of sp³-hybridized carbons (Fsp3) is 0.400. The van der Waals surface area contributed by atoms with Crippen molar-refractivity contribution in [1.82, 2.24) is 14.9 Å².